The molecule has 1 heterocycles. The molecule has 0 aliphatic carbocycles. The lowest BCUT2D eigenvalue weighted by molar-refractivity contribution is 0.00578. The minimum Gasteiger partial charge on any atom is -0.403 e. The summed E-state index contributed by atoms with van der Waals surface area (Å²) in [5.74, 6) is 0.650. The van der Waals surface area contributed by atoms with Gasteiger partial charge in [0.1, 0.15) is 0 Å². The largest absolute Gasteiger partial charge is 0.464 e. The van der Waals surface area contributed by atoms with Gasteiger partial charge in [0, 0.05) is 5.31 Å². The van der Waals surface area contributed by atoms with Crippen LogP contribution < -0.4 is 0 Å². The van der Waals surface area contributed by atoms with Crippen LogP contribution in [0.2, 0.25) is 5.31 Å². The van der Waals surface area contributed by atoms with Gasteiger partial charge in [-0.25, -0.2) is 0 Å². The Morgan fingerprint density at radius 2 is 1.44 bits per heavy atom. The second kappa shape index (κ2) is 5.17. The van der Waals surface area contributed by atoms with E-state index in [1.165, 1.54) is 19.3 Å². The Morgan fingerprint density at radius 3 is 1.78 bits per heavy atom. The molecule has 0 N–H and O–H groups in total. The van der Waals surface area contributed by atoms with E-state index >= 15 is 0 Å². The Hall–Kier alpha value is -0.0151. The third-order valence-electron chi connectivity index (χ3n) is 5.04. The van der Waals surface area contributed by atoms with E-state index in [4.69, 9.17) is 9.31 Å². The Balaban J connectivity index is 2.88. The molecule has 0 aromatic rings. The van der Waals surface area contributed by atoms with Crippen LogP contribution in [-0.4, -0.2) is 18.3 Å². The van der Waals surface area contributed by atoms with E-state index in [1.54, 1.807) is 0 Å². The fourth-order valence-corrected chi connectivity index (χ4v) is 2.79. The highest BCUT2D eigenvalue weighted by molar-refractivity contribution is 6.49. The van der Waals surface area contributed by atoms with Crippen molar-refractivity contribution >= 4 is 7.12 Å². The molecule has 1 aliphatic rings. The van der Waals surface area contributed by atoms with E-state index in [1.807, 2.05) is 0 Å². The number of rotatable bonds is 5. The Labute approximate surface area is 114 Å². The summed E-state index contributed by atoms with van der Waals surface area (Å²) < 4.78 is 12.5. The van der Waals surface area contributed by atoms with E-state index in [-0.39, 0.29) is 23.6 Å². The zero-order chi connectivity index (χ0) is 14.2. The predicted octanol–water partition coefficient (Wildman–Crippen LogP) is 4.69. The van der Waals surface area contributed by atoms with Gasteiger partial charge in [-0.3, -0.25) is 0 Å². The maximum absolute atomic E-state index is 6.24. The van der Waals surface area contributed by atoms with E-state index in [0.29, 0.717) is 5.92 Å². The van der Waals surface area contributed by atoms with E-state index in [9.17, 15) is 0 Å². The smallest absolute Gasteiger partial charge is 0.403 e. The van der Waals surface area contributed by atoms with Gasteiger partial charge in [-0.15, -0.1) is 0 Å². The molecular weight excluding hydrogens is 223 g/mol. The molecule has 0 aromatic carbocycles. The van der Waals surface area contributed by atoms with Gasteiger partial charge < -0.3 is 9.31 Å². The zero-order valence-electron chi connectivity index (χ0n) is 13.6. The van der Waals surface area contributed by atoms with Crippen molar-refractivity contribution in [2.75, 3.05) is 0 Å². The molecule has 18 heavy (non-hydrogen) atoms. The second-order valence-electron chi connectivity index (χ2n) is 7.30. The molecule has 0 spiro atoms. The lowest BCUT2D eigenvalue weighted by Crippen LogP contribution is -2.41. The third kappa shape index (κ3) is 2.77. The average Bonchev–Trinajstić information content (AvgIpc) is 2.45. The molecule has 1 saturated heterocycles. The van der Waals surface area contributed by atoms with Crippen molar-refractivity contribution in [3.63, 3.8) is 0 Å². The molecular formula is C15H31BO2. The maximum Gasteiger partial charge on any atom is 0.464 e. The molecule has 1 atom stereocenters. The molecule has 0 aromatic heterocycles. The van der Waals surface area contributed by atoms with Crippen LogP contribution in [0.15, 0.2) is 0 Å². The number of hydrogen-bond acceptors (Lipinski definition) is 2. The number of hydrogen-bond donors (Lipinski definition) is 0. The predicted molar refractivity (Wildman–Crippen MR) is 78.8 cm³/mol. The highest BCUT2D eigenvalue weighted by Gasteiger charge is 2.57. The van der Waals surface area contributed by atoms with Crippen molar-refractivity contribution in [2.24, 2.45) is 5.92 Å². The SMILES string of the molecule is CCCC(CC)C(C)(C)B1OC(C)(C)C(C)(C)O1. The molecule has 0 saturated carbocycles. The van der Waals surface area contributed by atoms with Gasteiger partial charge in [0.2, 0.25) is 0 Å². The van der Waals surface area contributed by atoms with Gasteiger partial charge in [0.25, 0.3) is 0 Å². The van der Waals surface area contributed by atoms with Crippen molar-refractivity contribution in [3.8, 4) is 0 Å². The summed E-state index contributed by atoms with van der Waals surface area (Å²) in [5.41, 5.74) is -0.446. The first kappa shape index (κ1) is 16.0. The lowest BCUT2D eigenvalue weighted by Gasteiger charge is -2.35. The summed E-state index contributed by atoms with van der Waals surface area (Å²) in [7, 11) is -0.0981. The fraction of sp³-hybridized carbons (Fsp3) is 1.00. The minimum absolute atomic E-state index is 0.0653. The standard InChI is InChI=1S/C15H31BO2/c1-9-11-12(10-2)13(3,4)16-17-14(5,6)15(7,8)18-16/h12H,9-11H2,1-8H3. The minimum atomic E-state index is -0.223. The van der Waals surface area contributed by atoms with Crippen LogP contribution in [0, 0.1) is 5.92 Å². The maximum atomic E-state index is 6.24. The summed E-state index contributed by atoms with van der Waals surface area (Å²) in [6, 6.07) is 0. The van der Waals surface area contributed by atoms with Crippen LogP contribution in [0.25, 0.3) is 0 Å². The first-order chi connectivity index (χ1) is 8.08. The summed E-state index contributed by atoms with van der Waals surface area (Å²) in [6.45, 7) is 17.6. The Morgan fingerprint density at radius 1 is 1.00 bits per heavy atom. The summed E-state index contributed by atoms with van der Waals surface area (Å²) in [5, 5.41) is 0.0653. The normalized spacial score (nSPS) is 24.3. The third-order valence-corrected chi connectivity index (χ3v) is 5.04. The van der Waals surface area contributed by atoms with Crippen LogP contribution >= 0.6 is 0 Å². The van der Waals surface area contributed by atoms with Gasteiger partial charge in [-0.1, -0.05) is 47.0 Å². The summed E-state index contributed by atoms with van der Waals surface area (Å²) in [6.07, 6.45) is 3.65. The Kier molecular flexibility index (Phi) is 4.60. The molecule has 1 rings (SSSR count). The fourth-order valence-electron chi connectivity index (χ4n) is 2.79. The van der Waals surface area contributed by atoms with E-state index in [0.717, 1.165) is 0 Å². The van der Waals surface area contributed by atoms with Gasteiger partial charge in [-0.05, 0) is 33.6 Å². The van der Waals surface area contributed by atoms with Crippen LogP contribution in [-0.2, 0) is 9.31 Å². The first-order valence-corrected chi connectivity index (χ1v) is 7.44. The molecule has 1 unspecified atom stereocenters. The van der Waals surface area contributed by atoms with Gasteiger partial charge in [-0.2, -0.15) is 0 Å². The van der Waals surface area contributed by atoms with Crippen LogP contribution in [0.5, 0.6) is 0 Å². The van der Waals surface area contributed by atoms with Gasteiger partial charge in [0.05, 0.1) is 11.2 Å². The molecule has 106 valence electrons. The highest BCUT2D eigenvalue weighted by atomic mass is 16.7. The highest BCUT2D eigenvalue weighted by Crippen LogP contribution is 2.50. The zero-order valence-corrected chi connectivity index (χ0v) is 13.6. The van der Waals surface area contributed by atoms with Gasteiger partial charge in [0.15, 0.2) is 0 Å². The van der Waals surface area contributed by atoms with Gasteiger partial charge >= 0.3 is 7.12 Å². The van der Waals surface area contributed by atoms with Crippen LogP contribution in [0.4, 0.5) is 0 Å². The van der Waals surface area contributed by atoms with E-state index in [2.05, 4.69) is 55.4 Å². The van der Waals surface area contributed by atoms with E-state index < -0.39 is 0 Å². The van der Waals surface area contributed by atoms with Crippen LogP contribution in [0.3, 0.4) is 0 Å². The average molecular weight is 254 g/mol. The summed E-state index contributed by atoms with van der Waals surface area (Å²) >= 11 is 0. The van der Waals surface area contributed by atoms with Crippen molar-refractivity contribution < 1.29 is 9.31 Å². The second-order valence-corrected chi connectivity index (χ2v) is 7.30. The van der Waals surface area contributed by atoms with Crippen molar-refractivity contribution in [1.29, 1.82) is 0 Å². The lowest BCUT2D eigenvalue weighted by atomic mass is 9.52. The molecule has 0 radical (unpaired) electrons. The molecule has 1 fully saturated rings. The molecule has 2 nitrogen and oxygen atoms in total. The molecule has 3 heteroatoms. The van der Waals surface area contributed by atoms with Crippen molar-refractivity contribution in [2.45, 2.75) is 91.2 Å². The summed E-state index contributed by atoms with van der Waals surface area (Å²) in [4.78, 5) is 0. The Bertz CT molecular complexity index is 268. The van der Waals surface area contributed by atoms with Crippen molar-refractivity contribution in [3.05, 3.63) is 0 Å². The topological polar surface area (TPSA) is 18.5 Å². The van der Waals surface area contributed by atoms with Crippen molar-refractivity contribution in [1.82, 2.24) is 0 Å². The van der Waals surface area contributed by atoms with Crippen LogP contribution in [0.1, 0.15) is 74.7 Å². The monoisotopic (exact) mass is 254 g/mol. The molecule has 0 amide bonds. The first-order valence-electron chi connectivity index (χ1n) is 7.44. The molecule has 1 aliphatic heterocycles. The molecule has 0 bridgehead atoms. The quantitative estimate of drug-likeness (QED) is 0.663.